The van der Waals surface area contributed by atoms with Gasteiger partial charge in [-0.2, -0.15) is 0 Å². The number of nitrogens with zero attached hydrogens (tertiary/aromatic N) is 4. The first kappa shape index (κ1) is 78.9. The van der Waals surface area contributed by atoms with Gasteiger partial charge in [-0.05, 0) is 291 Å². The molecule has 0 saturated heterocycles. The minimum atomic E-state index is 0.727. The molecule has 4 heteroatoms. The number of benzene rings is 10. The Hall–Kier alpha value is -11.2. The van der Waals surface area contributed by atoms with Gasteiger partial charge in [-0.25, -0.2) is 18.3 Å². The second kappa shape index (κ2) is 35.4. The van der Waals surface area contributed by atoms with Crippen LogP contribution in [-0.2, 0) is 28.2 Å². The van der Waals surface area contributed by atoms with Crippen LogP contribution in [0.4, 0.5) is 0 Å². The number of aromatic nitrogens is 4. The molecule has 2 aliphatic rings. The van der Waals surface area contributed by atoms with E-state index in [1.165, 1.54) is 242 Å². The van der Waals surface area contributed by atoms with Gasteiger partial charge in [0.05, 0.1) is 0 Å². The number of hydrogen-bond acceptors (Lipinski definition) is 0. The fourth-order valence-corrected chi connectivity index (χ4v) is 17.7. The fraction of sp³-hybridized carbons (Fsp3) is 0.259. The third-order valence-corrected chi connectivity index (χ3v) is 24.2. The summed E-state index contributed by atoms with van der Waals surface area (Å²) in [5, 5.41) is 0. The Kier molecular flexibility index (Phi) is 25.0. The highest BCUT2D eigenvalue weighted by Crippen LogP contribution is 2.42. The standard InChI is InChI=1S/C28H34N.C27H32N.C27H26N.C26H24N/c1-19-11-9-10-14-24(19)26-16-27(21(3)15-20(26)2)28-17-25(22(4)18-29(28)5)23-12-7-6-8-13-23;1-18-10-6-9-13-23(18)25-15-26(20(3)14-19(25)2)27-16-24(21(4)17-28(27)5)22-11-7-8-12-22;1-19-9-5-7-11-24(19)22-14-13-21(3)26(17-22)27-18-23(15-16-28(27)4)25-12-8-6-10-20(25)2;1-19-9-7-8-12-24(19)23-14-13-20(2)25(17-23)26-18-22(15-16-27(26)3)21-10-5-4-6-11-21/h9-11,14-18,23H,6-8,12-13H2,1-5H3;6,9-10,13-17,22H,7-8,11-12H2,1-5H3;5-18H,1-4H3;4-18H,1-3H3/q4*+1. The second-order valence-electron chi connectivity index (χ2n) is 32.4. The van der Waals surface area contributed by atoms with Crippen molar-refractivity contribution in [2.75, 3.05) is 0 Å². The summed E-state index contributed by atoms with van der Waals surface area (Å²) >= 11 is 0. The molecule has 0 N–H and O–H groups in total. The van der Waals surface area contributed by atoms with E-state index in [1.807, 2.05) is 0 Å². The van der Waals surface area contributed by atoms with Crippen molar-refractivity contribution in [3.63, 3.8) is 0 Å². The van der Waals surface area contributed by atoms with Crippen LogP contribution in [0, 0.1) is 90.0 Å². The fourth-order valence-electron chi connectivity index (χ4n) is 17.7. The van der Waals surface area contributed by atoms with Gasteiger partial charge in [-0.3, -0.25) is 0 Å². The average molecular weight is 1470 g/mol. The van der Waals surface area contributed by atoms with Crippen LogP contribution in [0.5, 0.6) is 0 Å². The van der Waals surface area contributed by atoms with E-state index in [4.69, 9.17) is 0 Å². The highest BCUT2D eigenvalue weighted by molar-refractivity contribution is 5.82. The number of aryl methyl sites for hydroxylation is 17. The Labute approximate surface area is 670 Å². The molecule has 16 rings (SSSR count). The van der Waals surface area contributed by atoms with Crippen molar-refractivity contribution in [1.29, 1.82) is 0 Å². The summed E-state index contributed by atoms with van der Waals surface area (Å²) in [5.74, 6) is 1.46. The molecular weight excluding hydrogens is 1350 g/mol. The summed E-state index contributed by atoms with van der Waals surface area (Å²) in [6.07, 6.45) is 21.3. The molecule has 4 heterocycles. The first-order valence-electron chi connectivity index (χ1n) is 40.9. The molecule has 564 valence electrons. The molecule has 0 aliphatic heterocycles. The summed E-state index contributed by atoms with van der Waals surface area (Å²) in [4.78, 5) is 0. The van der Waals surface area contributed by atoms with E-state index >= 15 is 0 Å². The normalized spacial score (nSPS) is 12.8. The van der Waals surface area contributed by atoms with Crippen LogP contribution < -0.4 is 18.3 Å². The zero-order chi connectivity index (χ0) is 78.9. The monoisotopic (exact) mass is 1470 g/mol. The average Bonchev–Trinajstić information content (AvgIpc) is 0.866. The van der Waals surface area contributed by atoms with Gasteiger partial charge in [0.1, 0.15) is 28.2 Å². The van der Waals surface area contributed by atoms with E-state index < -0.39 is 0 Å². The zero-order valence-corrected chi connectivity index (χ0v) is 69.8. The maximum absolute atomic E-state index is 2.49. The minimum Gasteiger partial charge on any atom is -0.201 e. The molecule has 14 aromatic rings. The lowest BCUT2D eigenvalue weighted by Gasteiger charge is -2.23. The summed E-state index contributed by atoms with van der Waals surface area (Å²) in [7, 11) is 8.62. The summed E-state index contributed by atoms with van der Waals surface area (Å²) in [5.41, 5.74) is 46.4. The number of pyridine rings is 4. The molecule has 0 unspecified atom stereocenters. The predicted molar refractivity (Wildman–Crippen MR) is 473 cm³/mol. The van der Waals surface area contributed by atoms with Crippen LogP contribution in [0.1, 0.15) is 153 Å². The van der Waals surface area contributed by atoms with E-state index in [-0.39, 0.29) is 0 Å². The highest BCUT2D eigenvalue weighted by atomic mass is 14.9. The van der Waals surface area contributed by atoms with E-state index in [0.717, 1.165) is 11.8 Å². The molecule has 0 radical (unpaired) electrons. The van der Waals surface area contributed by atoms with Crippen LogP contribution in [0.2, 0.25) is 0 Å². The maximum Gasteiger partial charge on any atom is 0.213 e. The van der Waals surface area contributed by atoms with Gasteiger partial charge >= 0.3 is 0 Å². The lowest BCUT2D eigenvalue weighted by molar-refractivity contribution is -0.661. The Morgan fingerprint density at radius 1 is 0.196 bits per heavy atom. The lowest BCUT2D eigenvalue weighted by Crippen LogP contribution is -2.32. The maximum atomic E-state index is 2.49. The van der Waals surface area contributed by atoms with E-state index in [1.54, 1.807) is 11.1 Å². The lowest BCUT2D eigenvalue weighted by atomic mass is 9.82. The predicted octanol–water partition coefficient (Wildman–Crippen LogP) is 26.4. The number of rotatable bonds is 12. The largest absolute Gasteiger partial charge is 0.213 e. The van der Waals surface area contributed by atoms with Gasteiger partial charge in [0.15, 0.2) is 24.8 Å². The minimum absolute atomic E-state index is 0.727. The highest BCUT2D eigenvalue weighted by Gasteiger charge is 2.27. The van der Waals surface area contributed by atoms with Gasteiger partial charge in [-0.15, -0.1) is 0 Å². The van der Waals surface area contributed by atoms with Crippen molar-refractivity contribution in [1.82, 2.24) is 0 Å². The van der Waals surface area contributed by atoms with Crippen molar-refractivity contribution in [2.45, 2.75) is 160 Å². The molecule has 0 bridgehead atoms. The molecular formula is C108H116N4+4. The molecule has 10 aromatic carbocycles. The molecule has 2 aliphatic carbocycles. The summed E-state index contributed by atoms with van der Waals surface area (Å²) in [6, 6.07) is 90.8. The second-order valence-corrected chi connectivity index (χ2v) is 32.4. The van der Waals surface area contributed by atoms with Gasteiger partial charge in [0.25, 0.3) is 0 Å². The van der Waals surface area contributed by atoms with Gasteiger partial charge < -0.3 is 0 Å². The van der Waals surface area contributed by atoms with Crippen LogP contribution in [0.25, 0.3) is 112 Å². The van der Waals surface area contributed by atoms with E-state index in [9.17, 15) is 0 Å². The van der Waals surface area contributed by atoms with Crippen molar-refractivity contribution in [2.24, 2.45) is 28.2 Å². The van der Waals surface area contributed by atoms with Crippen LogP contribution in [0.3, 0.4) is 0 Å². The quantitative estimate of drug-likeness (QED) is 0.108. The van der Waals surface area contributed by atoms with Gasteiger partial charge in [0.2, 0.25) is 22.8 Å². The molecule has 0 atom stereocenters. The topological polar surface area (TPSA) is 15.5 Å². The summed E-state index contributed by atoms with van der Waals surface area (Å²) < 4.78 is 9.05. The molecule has 112 heavy (non-hydrogen) atoms. The Morgan fingerprint density at radius 2 is 0.491 bits per heavy atom. The molecule has 0 spiro atoms. The van der Waals surface area contributed by atoms with Crippen LogP contribution in [-0.4, -0.2) is 0 Å². The summed E-state index contributed by atoms with van der Waals surface area (Å²) in [6.45, 7) is 28.8. The molecule has 2 fully saturated rings. The Bertz CT molecular complexity index is 5630. The first-order valence-corrected chi connectivity index (χ1v) is 40.9. The van der Waals surface area contributed by atoms with Crippen LogP contribution in [0.15, 0.2) is 274 Å². The van der Waals surface area contributed by atoms with Crippen molar-refractivity contribution < 1.29 is 18.3 Å². The zero-order valence-electron chi connectivity index (χ0n) is 69.8. The Morgan fingerprint density at radius 3 is 0.875 bits per heavy atom. The molecule has 0 amide bonds. The first-order chi connectivity index (χ1) is 54.1. The Balaban J connectivity index is 0.000000131. The third-order valence-electron chi connectivity index (χ3n) is 24.2. The molecule has 2 saturated carbocycles. The number of hydrogen-bond donors (Lipinski definition) is 0. The van der Waals surface area contributed by atoms with Gasteiger partial charge in [-0.1, -0.05) is 220 Å². The van der Waals surface area contributed by atoms with E-state index in [2.05, 4.69) is 410 Å². The third kappa shape index (κ3) is 17.7. The SMILES string of the molecule is Cc1ccccc1-c1cc(-c2cc(C3CCCC3)c(C)c[n+]2C)c(C)cc1C.Cc1ccccc1-c1cc(-c2cc(C3CCCCC3)c(C)c[n+]2C)c(C)cc1C.Cc1ccccc1-c1ccc(C)c(-c2cc(-c3ccccc3)cc[n+]2C)c1.Cc1ccccc1-c1ccc(C)c(-c2cc(-c3ccccc3C)cc[n+]2C)c1. The molecule has 4 aromatic heterocycles. The van der Waals surface area contributed by atoms with Crippen LogP contribution >= 0.6 is 0 Å². The molecule has 4 nitrogen and oxygen atoms in total. The van der Waals surface area contributed by atoms with Crippen molar-refractivity contribution in [3.8, 4) is 112 Å². The smallest absolute Gasteiger partial charge is 0.201 e. The van der Waals surface area contributed by atoms with E-state index in [0.29, 0.717) is 0 Å². The van der Waals surface area contributed by atoms with Gasteiger partial charge in [0, 0.05) is 69.8 Å². The van der Waals surface area contributed by atoms with Crippen molar-refractivity contribution >= 4 is 0 Å². The van der Waals surface area contributed by atoms with Crippen molar-refractivity contribution in [3.05, 3.63) is 357 Å².